The number of sulfonamides is 1. The van der Waals surface area contributed by atoms with E-state index in [2.05, 4.69) is 0 Å². The van der Waals surface area contributed by atoms with Crippen LogP contribution in [0.2, 0.25) is 0 Å². The molecule has 3 aromatic rings. The molecule has 1 aliphatic rings. The molecule has 0 spiro atoms. The number of fused-ring (bicyclic) bond motifs is 3. The van der Waals surface area contributed by atoms with E-state index in [-0.39, 0.29) is 24.2 Å². The highest BCUT2D eigenvalue weighted by atomic mass is 32.2. The fourth-order valence-electron chi connectivity index (χ4n) is 5.79. The number of para-hydroxylation sites is 2. The Bertz CT molecular complexity index is 1870. The first kappa shape index (κ1) is 35.0. The molecule has 0 saturated heterocycles. The number of nitro groups is 1. The van der Waals surface area contributed by atoms with Crippen LogP contribution in [0.1, 0.15) is 44.4 Å². The van der Waals surface area contributed by atoms with Crippen molar-refractivity contribution in [1.82, 2.24) is 8.87 Å². The Labute approximate surface area is 271 Å². The second-order valence-corrected chi connectivity index (χ2v) is 13.7. The maximum absolute atomic E-state index is 14.2. The minimum Gasteiger partial charge on any atom is -0.468 e. The number of carbonyl (C=O) groups excluding carboxylic acids is 4. The minimum atomic E-state index is -4.64. The van der Waals surface area contributed by atoms with Crippen molar-refractivity contribution in [3.05, 3.63) is 81.6 Å². The normalized spacial score (nSPS) is 18.4. The van der Waals surface area contributed by atoms with Gasteiger partial charge in [-0.15, -0.1) is 0 Å². The van der Waals surface area contributed by atoms with Crippen LogP contribution in [0.3, 0.4) is 0 Å². The molecule has 0 bridgehead atoms. The lowest BCUT2D eigenvalue weighted by atomic mass is 9.80. The number of nitro benzene ring substituents is 1. The van der Waals surface area contributed by atoms with Gasteiger partial charge in [-0.05, 0) is 50.5 Å². The number of hydrogen-bond acceptors (Lipinski definition) is 11. The van der Waals surface area contributed by atoms with Crippen molar-refractivity contribution in [2.75, 3.05) is 27.3 Å². The van der Waals surface area contributed by atoms with Crippen molar-refractivity contribution in [1.29, 1.82) is 0 Å². The van der Waals surface area contributed by atoms with Crippen LogP contribution in [0.4, 0.5) is 10.5 Å². The number of carbonyl (C=O) groups is 4. The van der Waals surface area contributed by atoms with Crippen molar-refractivity contribution in [3.63, 3.8) is 0 Å². The molecule has 0 radical (unpaired) electrons. The van der Waals surface area contributed by atoms with Gasteiger partial charge in [0.05, 0.1) is 24.7 Å². The second kappa shape index (κ2) is 13.8. The first-order valence-corrected chi connectivity index (χ1v) is 16.0. The van der Waals surface area contributed by atoms with Gasteiger partial charge in [0.2, 0.25) is 10.0 Å². The van der Waals surface area contributed by atoms with Crippen LogP contribution in [0, 0.1) is 16.0 Å². The van der Waals surface area contributed by atoms with Gasteiger partial charge >= 0.3 is 18.0 Å². The summed E-state index contributed by atoms with van der Waals surface area (Å²) in [6.07, 6.45) is 0.161. The summed E-state index contributed by atoms with van der Waals surface area (Å²) in [5.41, 5.74) is -0.806. The van der Waals surface area contributed by atoms with Crippen LogP contribution < -0.4 is 0 Å². The van der Waals surface area contributed by atoms with Gasteiger partial charge < -0.3 is 19.0 Å². The van der Waals surface area contributed by atoms with Gasteiger partial charge in [-0.25, -0.2) is 22.6 Å². The van der Waals surface area contributed by atoms with E-state index in [1.165, 1.54) is 16.7 Å². The molecule has 0 amide bonds. The van der Waals surface area contributed by atoms with Crippen molar-refractivity contribution in [2.45, 2.75) is 50.0 Å². The highest BCUT2D eigenvalue weighted by molar-refractivity contribution is 7.89. The summed E-state index contributed by atoms with van der Waals surface area (Å²) in [5.74, 6) is -4.42. The van der Waals surface area contributed by atoms with Gasteiger partial charge in [0.1, 0.15) is 17.8 Å². The number of aromatic nitrogens is 1. The van der Waals surface area contributed by atoms with Crippen LogP contribution >= 0.6 is 0 Å². The summed E-state index contributed by atoms with van der Waals surface area (Å²) < 4.78 is 46.4. The van der Waals surface area contributed by atoms with Gasteiger partial charge in [-0.2, -0.15) is 4.31 Å². The molecule has 1 aliphatic heterocycles. The summed E-state index contributed by atoms with van der Waals surface area (Å²) in [6.45, 7) is 4.15. The lowest BCUT2D eigenvalue weighted by Crippen LogP contribution is -2.37. The Morgan fingerprint density at radius 2 is 1.70 bits per heavy atom. The van der Waals surface area contributed by atoms with E-state index in [9.17, 15) is 37.7 Å². The van der Waals surface area contributed by atoms with Gasteiger partial charge in [0.15, 0.2) is 4.90 Å². The third-order valence-electron chi connectivity index (χ3n) is 7.73. The SMILES string of the molecule is COC(=O)/C=C1/CN(S(=O)(=O)c2ccccc2[N+](=O)[O-])CCc2c(n(C(=O)OC(C)(C)C)c3ccccc23)[C@H](C(=O)OC)[C@H]1CC=O. The van der Waals surface area contributed by atoms with Gasteiger partial charge in [0.25, 0.3) is 5.69 Å². The lowest BCUT2D eigenvalue weighted by molar-refractivity contribution is -0.387. The van der Waals surface area contributed by atoms with Crippen molar-refractivity contribution < 1.29 is 46.7 Å². The lowest BCUT2D eigenvalue weighted by Gasteiger charge is -2.29. The van der Waals surface area contributed by atoms with Crippen LogP contribution in [0.25, 0.3) is 10.9 Å². The number of rotatable bonds is 7. The Hall–Kier alpha value is -4.89. The van der Waals surface area contributed by atoms with Crippen LogP contribution in [0.5, 0.6) is 0 Å². The summed E-state index contributed by atoms with van der Waals surface area (Å²) >= 11 is 0. The predicted molar refractivity (Wildman–Crippen MR) is 168 cm³/mol. The van der Waals surface area contributed by atoms with Crippen molar-refractivity contribution in [2.24, 2.45) is 5.92 Å². The zero-order chi connectivity index (χ0) is 34.7. The number of aldehydes is 1. The molecule has 14 nitrogen and oxygen atoms in total. The largest absolute Gasteiger partial charge is 0.468 e. The monoisotopic (exact) mass is 669 g/mol. The number of methoxy groups -OCH3 is 2. The fraction of sp³-hybridized carbons (Fsp3) is 0.375. The summed E-state index contributed by atoms with van der Waals surface area (Å²) in [6, 6.07) is 11.5. The fourth-order valence-corrected chi connectivity index (χ4v) is 7.38. The summed E-state index contributed by atoms with van der Waals surface area (Å²) in [4.78, 5) is 63.1. The van der Waals surface area contributed by atoms with E-state index in [0.717, 1.165) is 36.7 Å². The molecular formula is C32H35N3O11S. The van der Waals surface area contributed by atoms with Crippen LogP contribution in [-0.2, 0) is 45.0 Å². The number of nitrogens with zero attached hydrogens (tertiary/aromatic N) is 3. The standard InChI is InChI=1S/C32H35N3O11S/c1-32(2,3)46-31(39)34-24-11-7-6-10-22(24)23-14-16-33(47(42,43)26-13-9-8-12-25(26)35(40)41)19-20(18-27(37)44-4)21(15-17-36)28(29(23)34)30(38)45-5/h6-13,17-18,21,28H,14-16,19H2,1-5H3/b20-18-/t21-,28+/m0/s1. The minimum absolute atomic E-state index is 0.0182. The third-order valence-corrected chi connectivity index (χ3v) is 9.62. The summed E-state index contributed by atoms with van der Waals surface area (Å²) in [5, 5.41) is 12.4. The zero-order valence-corrected chi connectivity index (χ0v) is 27.3. The van der Waals surface area contributed by atoms with Gasteiger partial charge in [0, 0.05) is 48.7 Å². The summed E-state index contributed by atoms with van der Waals surface area (Å²) in [7, 11) is -2.42. The molecule has 15 heteroatoms. The van der Waals surface area contributed by atoms with Gasteiger partial charge in [-0.1, -0.05) is 30.3 Å². The Morgan fingerprint density at radius 1 is 1.04 bits per heavy atom. The van der Waals surface area contributed by atoms with E-state index in [4.69, 9.17) is 14.2 Å². The number of ether oxygens (including phenoxy) is 3. The number of benzene rings is 2. The second-order valence-electron chi connectivity index (χ2n) is 11.8. The molecule has 0 saturated carbocycles. The molecule has 0 unspecified atom stereocenters. The molecular weight excluding hydrogens is 634 g/mol. The van der Waals surface area contributed by atoms with Crippen molar-refractivity contribution in [3.8, 4) is 0 Å². The average molecular weight is 670 g/mol. The molecule has 1 aromatic heterocycles. The third kappa shape index (κ3) is 7.10. The highest BCUT2D eigenvalue weighted by Crippen LogP contribution is 2.42. The molecule has 0 N–H and O–H groups in total. The first-order valence-electron chi connectivity index (χ1n) is 14.5. The number of hydrogen-bond donors (Lipinski definition) is 0. The molecule has 4 rings (SSSR count). The molecule has 0 fully saturated rings. The Kier molecular flexibility index (Phi) is 10.3. The molecule has 0 aliphatic carbocycles. The molecule has 2 atom stereocenters. The average Bonchev–Trinajstić information content (AvgIpc) is 3.36. The zero-order valence-electron chi connectivity index (χ0n) is 26.5. The van der Waals surface area contributed by atoms with E-state index < -0.39 is 74.0 Å². The smallest absolute Gasteiger partial charge is 0.419 e. The Morgan fingerprint density at radius 3 is 2.32 bits per heavy atom. The van der Waals surface area contributed by atoms with E-state index in [0.29, 0.717) is 22.8 Å². The maximum atomic E-state index is 14.2. The first-order chi connectivity index (χ1) is 22.2. The van der Waals surface area contributed by atoms with E-state index in [1.807, 2.05) is 0 Å². The molecule has 250 valence electrons. The van der Waals surface area contributed by atoms with Crippen LogP contribution in [-0.4, -0.2) is 79.4 Å². The van der Waals surface area contributed by atoms with Crippen LogP contribution in [0.15, 0.2) is 65.1 Å². The van der Waals surface area contributed by atoms with Gasteiger partial charge in [-0.3, -0.25) is 14.9 Å². The quantitative estimate of drug-likeness (QED) is 0.0881. The van der Waals surface area contributed by atoms with E-state index in [1.54, 1.807) is 45.0 Å². The highest BCUT2D eigenvalue weighted by Gasteiger charge is 2.43. The Balaban J connectivity index is 2.12. The topological polar surface area (TPSA) is 181 Å². The predicted octanol–water partition coefficient (Wildman–Crippen LogP) is 4.14. The number of esters is 2. The van der Waals surface area contributed by atoms with Crippen molar-refractivity contribution >= 4 is 50.9 Å². The molecule has 2 aromatic carbocycles. The van der Waals surface area contributed by atoms with E-state index >= 15 is 0 Å². The maximum Gasteiger partial charge on any atom is 0.419 e. The molecule has 47 heavy (non-hydrogen) atoms. The molecule has 2 heterocycles.